The molecule has 1 fully saturated rings. The van der Waals surface area contributed by atoms with E-state index >= 15 is 0 Å². The molecule has 0 N–H and O–H groups in total. The van der Waals surface area contributed by atoms with Gasteiger partial charge in [-0.05, 0) is 38.5 Å². The van der Waals surface area contributed by atoms with Crippen molar-refractivity contribution >= 4 is 0 Å². The number of nitriles is 1. The van der Waals surface area contributed by atoms with E-state index in [0.29, 0.717) is 12.2 Å². The number of morpholine rings is 1. The molecule has 0 spiro atoms. The summed E-state index contributed by atoms with van der Waals surface area (Å²) in [5.74, 6) is 0. The zero-order chi connectivity index (χ0) is 17.2. The van der Waals surface area contributed by atoms with Crippen molar-refractivity contribution in [3.63, 3.8) is 0 Å². The molecule has 6 nitrogen and oxygen atoms in total. The van der Waals surface area contributed by atoms with E-state index in [9.17, 15) is 0 Å². The molecule has 1 aliphatic rings. The minimum Gasteiger partial charge on any atom is -0.371 e. The van der Waals surface area contributed by atoms with E-state index < -0.39 is 0 Å². The van der Waals surface area contributed by atoms with E-state index in [2.05, 4.69) is 42.1 Å². The van der Waals surface area contributed by atoms with Crippen LogP contribution < -0.4 is 0 Å². The Kier molecular flexibility index (Phi) is 4.65. The second-order valence-electron chi connectivity index (χ2n) is 7.16. The van der Waals surface area contributed by atoms with Gasteiger partial charge in [0.2, 0.25) is 0 Å². The highest BCUT2D eigenvalue weighted by Gasteiger charge is 2.23. The van der Waals surface area contributed by atoms with Crippen LogP contribution in [0.15, 0.2) is 30.5 Å². The molecule has 3 rings (SSSR count). The highest BCUT2D eigenvalue weighted by Crippen LogP contribution is 2.24. The van der Waals surface area contributed by atoms with Crippen LogP contribution in [0.1, 0.15) is 43.7 Å². The van der Waals surface area contributed by atoms with Gasteiger partial charge in [0.1, 0.15) is 0 Å². The number of benzene rings is 1. The Morgan fingerprint density at radius 3 is 2.92 bits per heavy atom. The smallest absolute Gasteiger partial charge is 0.0991 e. The summed E-state index contributed by atoms with van der Waals surface area (Å²) in [5.41, 5.74) is 2.63. The summed E-state index contributed by atoms with van der Waals surface area (Å²) in [7, 11) is 0. The summed E-state index contributed by atoms with van der Waals surface area (Å²) >= 11 is 0. The Labute approximate surface area is 142 Å². The number of hydrogen-bond donors (Lipinski definition) is 0. The molecule has 0 radical (unpaired) electrons. The largest absolute Gasteiger partial charge is 0.371 e. The van der Waals surface area contributed by atoms with Gasteiger partial charge in [0.05, 0.1) is 41.8 Å². The molecule has 6 heteroatoms. The Morgan fingerprint density at radius 2 is 2.21 bits per heavy atom. The Balaban J connectivity index is 1.67. The lowest BCUT2D eigenvalue weighted by atomic mass is 10.0. The van der Waals surface area contributed by atoms with Gasteiger partial charge >= 0.3 is 0 Å². The van der Waals surface area contributed by atoms with Crippen molar-refractivity contribution in [2.24, 2.45) is 0 Å². The van der Waals surface area contributed by atoms with Crippen LogP contribution in [0.5, 0.6) is 0 Å². The van der Waals surface area contributed by atoms with E-state index in [4.69, 9.17) is 10.00 Å². The minimum atomic E-state index is -0.0590. The maximum absolute atomic E-state index is 9.06. The van der Waals surface area contributed by atoms with Crippen LogP contribution in [0.25, 0.3) is 0 Å². The predicted molar refractivity (Wildman–Crippen MR) is 90.1 cm³/mol. The van der Waals surface area contributed by atoms with Crippen LogP contribution in [0.4, 0.5) is 0 Å². The van der Waals surface area contributed by atoms with Gasteiger partial charge in [-0.3, -0.25) is 4.90 Å². The second-order valence-corrected chi connectivity index (χ2v) is 7.16. The van der Waals surface area contributed by atoms with Crippen molar-refractivity contribution in [2.75, 3.05) is 19.7 Å². The van der Waals surface area contributed by atoms with Gasteiger partial charge in [0.15, 0.2) is 0 Å². The minimum absolute atomic E-state index is 0.00953. The molecule has 1 aromatic carbocycles. The van der Waals surface area contributed by atoms with Gasteiger partial charge in [-0.15, -0.1) is 5.10 Å². The quantitative estimate of drug-likeness (QED) is 0.867. The fourth-order valence-electron chi connectivity index (χ4n) is 2.78. The summed E-state index contributed by atoms with van der Waals surface area (Å²) in [6.07, 6.45) is 2.01. The van der Waals surface area contributed by atoms with E-state index in [1.54, 1.807) is 0 Å². The van der Waals surface area contributed by atoms with Gasteiger partial charge in [0.25, 0.3) is 0 Å². The molecule has 1 atom stereocenters. The standard InChI is InChI=1S/C18H23N5O/c1-18(2,3)23-12-16(20-21-23)11-22-7-8-24-17(13-22)15-6-4-5-14(9-15)10-19/h4-6,9,12,17H,7-8,11,13H2,1-3H3/t17-/m0/s1. The first-order valence-corrected chi connectivity index (χ1v) is 8.21. The van der Waals surface area contributed by atoms with Crippen LogP contribution in [0, 0.1) is 11.3 Å². The molecular weight excluding hydrogens is 302 g/mol. The molecule has 1 saturated heterocycles. The maximum Gasteiger partial charge on any atom is 0.0991 e. The van der Waals surface area contributed by atoms with Gasteiger partial charge in [-0.1, -0.05) is 17.3 Å². The Hall–Kier alpha value is -2.23. The van der Waals surface area contributed by atoms with Gasteiger partial charge in [0, 0.05) is 19.6 Å². The van der Waals surface area contributed by atoms with Crippen LogP contribution in [-0.2, 0) is 16.8 Å². The molecular formula is C18H23N5O. The van der Waals surface area contributed by atoms with Crippen LogP contribution in [-0.4, -0.2) is 39.6 Å². The molecule has 0 bridgehead atoms. The molecule has 2 heterocycles. The average molecular weight is 325 g/mol. The average Bonchev–Trinajstić information content (AvgIpc) is 3.04. The lowest BCUT2D eigenvalue weighted by Gasteiger charge is -2.32. The number of ether oxygens (including phenoxy) is 1. The van der Waals surface area contributed by atoms with E-state index in [1.165, 1.54) is 0 Å². The number of nitrogens with zero attached hydrogens (tertiary/aromatic N) is 5. The SMILES string of the molecule is CC(C)(C)n1cc(CN2CCO[C@H](c3cccc(C#N)c3)C2)nn1. The Morgan fingerprint density at radius 1 is 1.38 bits per heavy atom. The fourth-order valence-corrected chi connectivity index (χ4v) is 2.78. The first kappa shape index (κ1) is 16.6. The first-order valence-electron chi connectivity index (χ1n) is 8.21. The molecule has 24 heavy (non-hydrogen) atoms. The van der Waals surface area contributed by atoms with E-state index in [1.807, 2.05) is 35.1 Å². The molecule has 1 aliphatic heterocycles. The number of aromatic nitrogens is 3. The van der Waals surface area contributed by atoms with Crippen LogP contribution in [0.3, 0.4) is 0 Å². The summed E-state index contributed by atoms with van der Waals surface area (Å²) in [5, 5.41) is 17.6. The third kappa shape index (κ3) is 3.81. The van der Waals surface area contributed by atoms with Crippen LogP contribution >= 0.6 is 0 Å². The van der Waals surface area contributed by atoms with Crippen molar-refractivity contribution in [3.05, 3.63) is 47.3 Å². The third-order valence-corrected chi connectivity index (χ3v) is 4.15. The molecule has 1 aromatic heterocycles. The van der Waals surface area contributed by atoms with E-state index in [-0.39, 0.29) is 11.6 Å². The summed E-state index contributed by atoms with van der Waals surface area (Å²) in [4.78, 5) is 2.32. The Bertz CT molecular complexity index is 740. The van der Waals surface area contributed by atoms with Gasteiger partial charge in [-0.2, -0.15) is 5.26 Å². The highest BCUT2D eigenvalue weighted by atomic mass is 16.5. The summed E-state index contributed by atoms with van der Waals surface area (Å²) in [6, 6.07) is 9.83. The van der Waals surface area contributed by atoms with Crippen molar-refractivity contribution in [3.8, 4) is 6.07 Å². The molecule has 0 saturated carbocycles. The maximum atomic E-state index is 9.06. The van der Waals surface area contributed by atoms with Crippen molar-refractivity contribution in [1.29, 1.82) is 5.26 Å². The zero-order valence-electron chi connectivity index (χ0n) is 14.4. The number of hydrogen-bond acceptors (Lipinski definition) is 5. The molecule has 126 valence electrons. The van der Waals surface area contributed by atoms with Crippen molar-refractivity contribution in [1.82, 2.24) is 19.9 Å². The topological polar surface area (TPSA) is 67.0 Å². The zero-order valence-corrected chi connectivity index (χ0v) is 14.4. The predicted octanol–water partition coefficient (Wildman–Crippen LogP) is 2.48. The summed E-state index contributed by atoms with van der Waals surface area (Å²) in [6.45, 7) is 9.42. The second kappa shape index (κ2) is 6.71. The van der Waals surface area contributed by atoms with Crippen molar-refractivity contribution in [2.45, 2.75) is 39.0 Å². The lowest BCUT2D eigenvalue weighted by molar-refractivity contribution is -0.0333. The molecule has 0 amide bonds. The summed E-state index contributed by atoms with van der Waals surface area (Å²) < 4.78 is 7.80. The molecule has 2 aromatic rings. The van der Waals surface area contributed by atoms with Gasteiger partial charge < -0.3 is 4.74 Å². The highest BCUT2D eigenvalue weighted by molar-refractivity contribution is 5.34. The first-order chi connectivity index (χ1) is 11.5. The monoisotopic (exact) mass is 325 g/mol. The van der Waals surface area contributed by atoms with E-state index in [0.717, 1.165) is 30.9 Å². The van der Waals surface area contributed by atoms with Crippen molar-refractivity contribution < 1.29 is 4.74 Å². The van der Waals surface area contributed by atoms with Crippen LogP contribution in [0.2, 0.25) is 0 Å². The normalized spacial score (nSPS) is 19.2. The lowest BCUT2D eigenvalue weighted by Crippen LogP contribution is -2.37. The molecule has 0 unspecified atom stereocenters. The third-order valence-electron chi connectivity index (χ3n) is 4.15. The fraction of sp³-hybridized carbons (Fsp3) is 0.500. The number of rotatable bonds is 3. The molecule has 0 aliphatic carbocycles. The van der Waals surface area contributed by atoms with Gasteiger partial charge in [-0.25, -0.2) is 4.68 Å².